The van der Waals surface area contributed by atoms with Crippen molar-refractivity contribution in [2.75, 3.05) is 6.61 Å². The Morgan fingerprint density at radius 1 is 1.16 bits per heavy atom. The Bertz CT molecular complexity index is 2000. The van der Waals surface area contributed by atoms with Crippen molar-refractivity contribution in [1.29, 1.82) is 0 Å². The van der Waals surface area contributed by atoms with Crippen LogP contribution in [-0.2, 0) is 28.7 Å². The zero-order valence-electron chi connectivity index (χ0n) is 24.4. The van der Waals surface area contributed by atoms with Crippen molar-refractivity contribution < 1.29 is 32.5 Å². The van der Waals surface area contributed by atoms with Gasteiger partial charge >= 0.3 is 17.0 Å². The Kier molecular flexibility index (Phi) is 7.28. The van der Waals surface area contributed by atoms with Gasteiger partial charge in [-0.05, 0) is 74.7 Å². The van der Waals surface area contributed by atoms with Crippen molar-refractivity contribution in [1.82, 2.24) is 9.55 Å². The predicted molar refractivity (Wildman–Crippen MR) is 163 cm³/mol. The molecule has 5 aromatic rings. The molecule has 0 radical (unpaired) electrons. The van der Waals surface area contributed by atoms with E-state index in [0.29, 0.717) is 56.8 Å². The monoisotopic (exact) mass is 622 g/mol. The molecule has 0 spiro atoms. The van der Waals surface area contributed by atoms with E-state index < -0.39 is 34.3 Å². The topological polar surface area (TPSA) is 90.7 Å². The average molecular weight is 623 g/mol. The summed E-state index contributed by atoms with van der Waals surface area (Å²) in [7, 11) is 0. The van der Waals surface area contributed by atoms with E-state index in [4.69, 9.17) is 9.47 Å². The van der Waals surface area contributed by atoms with Crippen molar-refractivity contribution in [3.8, 4) is 16.9 Å². The number of ether oxygens (including phenoxy) is 2. The van der Waals surface area contributed by atoms with Crippen molar-refractivity contribution in [2.24, 2.45) is 0 Å². The number of pyridine rings is 1. The molecule has 3 aromatic carbocycles. The number of aromatic nitrogens is 2. The molecule has 44 heavy (non-hydrogen) atoms. The average Bonchev–Trinajstić information content (AvgIpc) is 3.25. The molecule has 2 aromatic heterocycles. The first kappa shape index (κ1) is 29.8. The zero-order valence-corrected chi connectivity index (χ0v) is 25.2. The third-order valence-corrected chi connectivity index (χ3v) is 8.67. The minimum Gasteiger partial charge on any atom is -0.493 e. The van der Waals surface area contributed by atoms with E-state index in [0.717, 1.165) is 28.4 Å². The van der Waals surface area contributed by atoms with E-state index in [2.05, 4.69) is 4.98 Å². The number of fused-ring (bicyclic) bond motifs is 1. The Hall–Kier alpha value is -4.22. The van der Waals surface area contributed by atoms with Crippen molar-refractivity contribution >= 4 is 38.4 Å². The largest absolute Gasteiger partial charge is 0.493 e. The minimum atomic E-state index is -4.60. The van der Waals surface area contributed by atoms with Gasteiger partial charge in [0.1, 0.15) is 5.75 Å². The fourth-order valence-electron chi connectivity index (χ4n) is 5.89. The van der Waals surface area contributed by atoms with Crippen LogP contribution in [0.4, 0.5) is 13.2 Å². The van der Waals surface area contributed by atoms with Crippen LogP contribution in [0, 0.1) is 6.92 Å². The van der Waals surface area contributed by atoms with Crippen LogP contribution in [0.1, 0.15) is 54.7 Å². The lowest BCUT2D eigenvalue weighted by molar-refractivity contribution is -0.160. The molecule has 7 nitrogen and oxygen atoms in total. The van der Waals surface area contributed by atoms with Gasteiger partial charge < -0.3 is 14.6 Å². The molecule has 0 bridgehead atoms. The lowest BCUT2D eigenvalue weighted by Crippen LogP contribution is -2.28. The number of alkyl halides is 3. The highest BCUT2D eigenvalue weighted by Gasteiger charge is 2.35. The van der Waals surface area contributed by atoms with Gasteiger partial charge in [0.15, 0.2) is 6.10 Å². The maximum atomic E-state index is 13.9. The van der Waals surface area contributed by atoms with Crippen LogP contribution in [0.25, 0.3) is 32.2 Å². The Balaban J connectivity index is 1.69. The number of aliphatic carboxylic acids is 1. The van der Waals surface area contributed by atoms with Gasteiger partial charge in [-0.25, -0.2) is 4.79 Å². The van der Waals surface area contributed by atoms with E-state index in [-0.39, 0.29) is 12.1 Å². The fourth-order valence-corrected chi connectivity index (χ4v) is 6.93. The molecule has 0 saturated carbocycles. The van der Waals surface area contributed by atoms with Crippen LogP contribution < -0.4 is 9.61 Å². The van der Waals surface area contributed by atoms with Crippen molar-refractivity contribution in [3.05, 3.63) is 92.2 Å². The maximum absolute atomic E-state index is 13.9. The van der Waals surface area contributed by atoms with Gasteiger partial charge in [0.25, 0.3) is 0 Å². The second-order valence-corrected chi connectivity index (χ2v) is 12.8. The van der Waals surface area contributed by atoms with Gasteiger partial charge in [-0.15, -0.1) is 0 Å². The highest BCUT2D eigenvalue weighted by molar-refractivity contribution is 7.17. The highest BCUT2D eigenvalue weighted by atomic mass is 32.1. The highest BCUT2D eigenvalue weighted by Crippen LogP contribution is 2.46. The predicted octanol–water partition coefficient (Wildman–Crippen LogP) is 7.53. The molecule has 6 rings (SSSR count). The van der Waals surface area contributed by atoms with E-state index in [9.17, 15) is 27.9 Å². The second-order valence-electron chi connectivity index (χ2n) is 11.8. The molecule has 0 fully saturated rings. The number of hydrogen-bond acceptors (Lipinski definition) is 6. The van der Waals surface area contributed by atoms with Crippen molar-refractivity contribution in [2.45, 2.75) is 58.5 Å². The Morgan fingerprint density at radius 3 is 2.61 bits per heavy atom. The Morgan fingerprint density at radius 2 is 1.91 bits per heavy atom. The summed E-state index contributed by atoms with van der Waals surface area (Å²) in [5.74, 6) is -0.563. The molecular weight excluding hydrogens is 593 g/mol. The third kappa shape index (κ3) is 5.24. The maximum Gasteiger partial charge on any atom is 0.416 e. The lowest BCUT2D eigenvalue weighted by Gasteiger charge is -2.28. The SMILES string of the molecule is Cc1cc2c(sc(=O)n2Cc2ccccc2C(F)(F)F)c(-c2ccc3c4c(ccnc24)CCO3)c1[C@H](OC(C)(C)C)C(=O)O. The van der Waals surface area contributed by atoms with Gasteiger partial charge in [-0.3, -0.25) is 14.3 Å². The second kappa shape index (κ2) is 10.7. The fraction of sp³-hybridized carbons (Fsp3) is 0.303. The molecule has 228 valence electrons. The number of carboxylic acid groups (broad SMARTS) is 1. The first-order valence-electron chi connectivity index (χ1n) is 14.0. The molecule has 1 aliphatic rings. The summed E-state index contributed by atoms with van der Waals surface area (Å²) in [6.45, 7) is 7.18. The minimum absolute atomic E-state index is 0.0510. The summed E-state index contributed by atoms with van der Waals surface area (Å²) in [6.07, 6.45) is -3.66. The van der Waals surface area contributed by atoms with Crippen LogP contribution in [0.3, 0.4) is 0 Å². The number of halogens is 3. The van der Waals surface area contributed by atoms with E-state index >= 15 is 0 Å². The standard InChI is InChI=1S/C33H29F3N2O5S/c1-17-15-22-29(44-31(41)38(22)16-19-7-5-6-8-21(19)33(34,35)36)26(24(17)28(30(39)40)43-32(2,3)4)20-9-10-23-25-18(12-14-42-23)11-13-37-27(20)25/h5-11,13,15,28H,12,14,16H2,1-4H3,(H,39,40)/t28-/m0/s1. The first-order chi connectivity index (χ1) is 20.7. The summed E-state index contributed by atoms with van der Waals surface area (Å²) in [5.41, 5.74) is 2.16. The molecule has 1 N–H and O–H groups in total. The van der Waals surface area contributed by atoms with E-state index in [1.807, 2.05) is 6.07 Å². The number of aryl methyl sites for hydroxylation is 1. The van der Waals surface area contributed by atoms with Crippen LogP contribution in [0.15, 0.2) is 59.5 Å². The number of carbonyl (C=O) groups is 1. The summed E-state index contributed by atoms with van der Waals surface area (Å²) >= 11 is 0.858. The first-order valence-corrected chi connectivity index (χ1v) is 14.8. The molecule has 0 aliphatic carbocycles. The molecule has 1 aliphatic heterocycles. The summed E-state index contributed by atoms with van der Waals surface area (Å²) < 4.78 is 55.4. The van der Waals surface area contributed by atoms with Gasteiger partial charge in [-0.2, -0.15) is 13.2 Å². The Labute approximate surface area is 254 Å². The quantitative estimate of drug-likeness (QED) is 0.211. The van der Waals surface area contributed by atoms with Crippen LogP contribution in [0.2, 0.25) is 0 Å². The smallest absolute Gasteiger partial charge is 0.416 e. The summed E-state index contributed by atoms with van der Waals surface area (Å²) in [6, 6.07) is 12.3. The number of rotatable bonds is 6. The number of carboxylic acids is 1. The molecule has 0 saturated heterocycles. The zero-order chi connectivity index (χ0) is 31.6. The van der Waals surface area contributed by atoms with Gasteiger partial charge in [-0.1, -0.05) is 29.5 Å². The van der Waals surface area contributed by atoms with Crippen molar-refractivity contribution in [3.63, 3.8) is 0 Å². The van der Waals surface area contributed by atoms with Crippen LogP contribution in [-0.4, -0.2) is 32.8 Å². The normalized spacial score (nSPS) is 14.2. The van der Waals surface area contributed by atoms with Crippen LogP contribution >= 0.6 is 11.3 Å². The molecular formula is C33H29F3N2O5S. The van der Waals surface area contributed by atoms with Gasteiger partial charge in [0, 0.05) is 34.7 Å². The third-order valence-electron chi connectivity index (χ3n) is 7.66. The number of benzene rings is 3. The van der Waals surface area contributed by atoms with Gasteiger partial charge in [0.05, 0.1) is 40.0 Å². The molecule has 11 heteroatoms. The molecule has 0 amide bonds. The molecule has 3 heterocycles. The molecule has 1 atom stereocenters. The van der Waals surface area contributed by atoms with Crippen LogP contribution in [0.5, 0.6) is 5.75 Å². The summed E-state index contributed by atoms with van der Waals surface area (Å²) in [4.78, 5) is 30.6. The molecule has 0 unspecified atom stereocenters. The summed E-state index contributed by atoms with van der Waals surface area (Å²) in [5, 5.41) is 11.2. The van der Waals surface area contributed by atoms with E-state index in [1.165, 1.54) is 22.8 Å². The lowest BCUT2D eigenvalue weighted by atomic mass is 9.89. The van der Waals surface area contributed by atoms with Gasteiger partial charge in [0.2, 0.25) is 0 Å². The number of hydrogen-bond donors (Lipinski definition) is 1. The van der Waals surface area contributed by atoms with E-state index in [1.54, 1.807) is 52.1 Å². The number of thiazole rings is 1. The number of nitrogens with zero attached hydrogens (tertiary/aromatic N) is 2.